The standard InChI is InChI=1S/C19H23ClN4O2/c20-18-21-10-6-17(22-18)23-11-7-15(8-12-23)9-13-24(19(25)26)14-16-4-2-1-3-5-16/h1-6,10,15H,7-9,11-14H2,(H,25,26). The number of rotatable bonds is 6. The van der Waals surface area contributed by atoms with Crippen molar-refractivity contribution in [1.29, 1.82) is 0 Å². The summed E-state index contributed by atoms with van der Waals surface area (Å²) in [5.41, 5.74) is 1.02. The third-order valence-electron chi connectivity index (χ3n) is 4.84. The molecule has 1 aromatic heterocycles. The van der Waals surface area contributed by atoms with Crippen molar-refractivity contribution >= 4 is 23.5 Å². The monoisotopic (exact) mass is 374 g/mol. The topological polar surface area (TPSA) is 69.6 Å². The summed E-state index contributed by atoms with van der Waals surface area (Å²) in [6.45, 7) is 2.82. The number of hydrogen-bond donors (Lipinski definition) is 1. The SMILES string of the molecule is O=C(O)N(CCC1CCN(c2ccnc(Cl)n2)CC1)Cc1ccccc1. The van der Waals surface area contributed by atoms with E-state index in [0.29, 0.717) is 19.0 Å². The van der Waals surface area contributed by atoms with Gasteiger partial charge in [0.2, 0.25) is 5.28 Å². The van der Waals surface area contributed by atoms with E-state index in [9.17, 15) is 9.90 Å². The molecule has 26 heavy (non-hydrogen) atoms. The Kier molecular flexibility index (Phi) is 6.28. The lowest BCUT2D eigenvalue weighted by Crippen LogP contribution is -2.36. The number of aromatic nitrogens is 2. The number of carboxylic acid groups (broad SMARTS) is 1. The van der Waals surface area contributed by atoms with Crippen molar-refractivity contribution in [1.82, 2.24) is 14.9 Å². The van der Waals surface area contributed by atoms with Crippen LogP contribution in [-0.4, -0.2) is 45.7 Å². The number of nitrogens with zero attached hydrogens (tertiary/aromatic N) is 4. The summed E-state index contributed by atoms with van der Waals surface area (Å²) in [7, 11) is 0. The molecule has 1 aromatic carbocycles. The maximum Gasteiger partial charge on any atom is 0.407 e. The van der Waals surface area contributed by atoms with Gasteiger partial charge in [-0.1, -0.05) is 30.3 Å². The van der Waals surface area contributed by atoms with E-state index in [1.807, 2.05) is 36.4 Å². The summed E-state index contributed by atoms with van der Waals surface area (Å²) >= 11 is 5.86. The number of piperidine rings is 1. The molecule has 0 saturated carbocycles. The van der Waals surface area contributed by atoms with Crippen molar-refractivity contribution in [2.24, 2.45) is 5.92 Å². The van der Waals surface area contributed by atoms with E-state index >= 15 is 0 Å². The quantitative estimate of drug-likeness (QED) is 0.776. The van der Waals surface area contributed by atoms with Gasteiger partial charge in [0.05, 0.1) is 0 Å². The number of benzene rings is 1. The van der Waals surface area contributed by atoms with Gasteiger partial charge in [-0.15, -0.1) is 0 Å². The molecular weight excluding hydrogens is 352 g/mol. The van der Waals surface area contributed by atoms with E-state index in [1.165, 1.54) is 4.90 Å². The number of hydrogen-bond acceptors (Lipinski definition) is 4. The smallest absolute Gasteiger partial charge is 0.407 e. The fourth-order valence-electron chi connectivity index (χ4n) is 3.34. The third kappa shape index (κ3) is 5.08. The summed E-state index contributed by atoms with van der Waals surface area (Å²) < 4.78 is 0. The van der Waals surface area contributed by atoms with Gasteiger partial charge in [0.1, 0.15) is 5.82 Å². The molecule has 2 heterocycles. The highest BCUT2D eigenvalue weighted by molar-refractivity contribution is 6.28. The molecule has 7 heteroatoms. The lowest BCUT2D eigenvalue weighted by atomic mass is 9.93. The van der Waals surface area contributed by atoms with Crippen molar-refractivity contribution in [2.45, 2.75) is 25.8 Å². The van der Waals surface area contributed by atoms with E-state index in [4.69, 9.17) is 11.6 Å². The average molecular weight is 375 g/mol. The Morgan fingerprint density at radius 1 is 1.23 bits per heavy atom. The van der Waals surface area contributed by atoms with Crippen LogP contribution in [0.15, 0.2) is 42.6 Å². The second-order valence-electron chi connectivity index (χ2n) is 6.59. The fourth-order valence-corrected chi connectivity index (χ4v) is 3.48. The van der Waals surface area contributed by atoms with Crippen molar-refractivity contribution in [3.8, 4) is 0 Å². The first-order chi connectivity index (χ1) is 12.6. The van der Waals surface area contributed by atoms with Gasteiger partial charge in [0, 0.05) is 32.4 Å². The molecule has 1 aliphatic rings. The lowest BCUT2D eigenvalue weighted by molar-refractivity contribution is 0.137. The Hall–Kier alpha value is -2.34. The van der Waals surface area contributed by atoms with Crippen LogP contribution in [0.25, 0.3) is 0 Å². The van der Waals surface area contributed by atoms with E-state index in [0.717, 1.165) is 43.7 Å². The molecule has 2 aromatic rings. The minimum atomic E-state index is -0.859. The minimum Gasteiger partial charge on any atom is -0.465 e. The van der Waals surface area contributed by atoms with Crippen molar-refractivity contribution in [3.63, 3.8) is 0 Å². The Bertz CT molecular complexity index is 720. The minimum absolute atomic E-state index is 0.266. The predicted octanol–water partition coefficient (Wildman–Crippen LogP) is 3.92. The number of amides is 1. The Morgan fingerprint density at radius 3 is 2.62 bits per heavy atom. The van der Waals surface area contributed by atoms with Crippen LogP contribution in [0.2, 0.25) is 5.28 Å². The van der Waals surface area contributed by atoms with Crippen molar-refractivity contribution in [2.75, 3.05) is 24.5 Å². The van der Waals surface area contributed by atoms with Gasteiger partial charge in [-0.2, -0.15) is 0 Å². The van der Waals surface area contributed by atoms with Gasteiger partial charge in [-0.25, -0.2) is 14.8 Å². The molecule has 0 atom stereocenters. The van der Waals surface area contributed by atoms with E-state index in [1.54, 1.807) is 6.20 Å². The summed E-state index contributed by atoms with van der Waals surface area (Å²) in [5, 5.41) is 9.74. The van der Waals surface area contributed by atoms with Crippen LogP contribution in [0.5, 0.6) is 0 Å². The third-order valence-corrected chi connectivity index (χ3v) is 5.03. The zero-order valence-corrected chi connectivity index (χ0v) is 15.3. The normalized spacial score (nSPS) is 15.0. The fraction of sp³-hybridized carbons (Fsp3) is 0.421. The van der Waals surface area contributed by atoms with E-state index in [2.05, 4.69) is 14.9 Å². The van der Waals surface area contributed by atoms with Gasteiger partial charge < -0.3 is 14.9 Å². The van der Waals surface area contributed by atoms with Crippen LogP contribution in [0.1, 0.15) is 24.8 Å². The highest BCUT2D eigenvalue weighted by Gasteiger charge is 2.22. The van der Waals surface area contributed by atoms with Gasteiger partial charge in [-0.05, 0) is 48.4 Å². The van der Waals surface area contributed by atoms with Crippen LogP contribution >= 0.6 is 11.6 Å². The zero-order chi connectivity index (χ0) is 18.4. The summed E-state index contributed by atoms with van der Waals surface area (Å²) in [4.78, 5) is 23.4. The molecule has 0 radical (unpaired) electrons. The highest BCUT2D eigenvalue weighted by atomic mass is 35.5. The second-order valence-corrected chi connectivity index (χ2v) is 6.93. The molecule has 1 fully saturated rings. The van der Waals surface area contributed by atoms with Crippen LogP contribution in [-0.2, 0) is 6.54 Å². The van der Waals surface area contributed by atoms with Crippen LogP contribution in [0.4, 0.5) is 10.6 Å². The first kappa shape index (κ1) is 18.5. The molecule has 0 spiro atoms. The van der Waals surface area contributed by atoms with E-state index in [-0.39, 0.29) is 5.28 Å². The molecule has 1 N–H and O–H groups in total. The van der Waals surface area contributed by atoms with Crippen molar-refractivity contribution in [3.05, 3.63) is 53.4 Å². The molecule has 138 valence electrons. The van der Waals surface area contributed by atoms with Gasteiger partial charge in [0.15, 0.2) is 0 Å². The molecular formula is C19H23ClN4O2. The van der Waals surface area contributed by atoms with E-state index < -0.39 is 6.09 Å². The van der Waals surface area contributed by atoms with Crippen LogP contribution in [0.3, 0.4) is 0 Å². The van der Waals surface area contributed by atoms with Gasteiger partial charge >= 0.3 is 6.09 Å². The van der Waals surface area contributed by atoms with Gasteiger partial charge in [-0.3, -0.25) is 0 Å². The summed E-state index contributed by atoms with van der Waals surface area (Å²) in [6.07, 6.45) is 3.76. The molecule has 1 saturated heterocycles. The molecule has 3 rings (SSSR count). The molecule has 6 nitrogen and oxygen atoms in total. The Labute approximate surface area is 158 Å². The molecule has 1 amide bonds. The number of anilines is 1. The molecule has 0 unspecified atom stereocenters. The predicted molar refractivity (Wildman–Crippen MR) is 101 cm³/mol. The van der Waals surface area contributed by atoms with Crippen LogP contribution < -0.4 is 4.90 Å². The maximum absolute atomic E-state index is 11.5. The Morgan fingerprint density at radius 2 is 1.96 bits per heavy atom. The number of carbonyl (C=O) groups is 1. The molecule has 0 aliphatic carbocycles. The van der Waals surface area contributed by atoms with Crippen molar-refractivity contribution < 1.29 is 9.90 Å². The average Bonchev–Trinajstić information content (AvgIpc) is 2.66. The first-order valence-corrected chi connectivity index (χ1v) is 9.25. The first-order valence-electron chi connectivity index (χ1n) is 8.87. The molecule has 0 bridgehead atoms. The van der Waals surface area contributed by atoms with Gasteiger partial charge in [0.25, 0.3) is 0 Å². The molecule has 1 aliphatic heterocycles. The largest absolute Gasteiger partial charge is 0.465 e. The maximum atomic E-state index is 11.5. The zero-order valence-electron chi connectivity index (χ0n) is 14.6. The van der Waals surface area contributed by atoms with Crippen LogP contribution in [0, 0.1) is 5.92 Å². The summed E-state index contributed by atoms with van der Waals surface area (Å²) in [6, 6.07) is 11.6. The number of halogens is 1. The Balaban J connectivity index is 1.48. The lowest BCUT2D eigenvalue weighted by Gasteiger charge is -2.33. The second kappa shape index (κ2) is 8.85. The highest BCUT2D eigenvalue weighted by Crippen LogP contribution is 2.25. The summed E-state index contributed by atoms with van der Waals surface area (Å²) in [5.74, 6) is 1.39.